The molecule has 2 heteroatoms. The van der Waals surface area contributed by atoms with Crippen molar-refractivity contribution >= 4 is 5.78 Å². The Hall–Kier alpha value is -0.810. The summed E-state index contributed by atoms with van der Waals surface area (Å²) < 4.78 is 0. The summed E-state index contributed by atoms with van der Waals surface area (Å²) in [4.78, 5) is 11.5. The molecule has 14 heavy (non-hydrogen) atoms. The molecule has 1 saturated heterocycles. The Kier molecular flexibility index (Phi) is 5.32. The van der Waals surface area contributed by atoms with Crippen molar-refractivity contribution in [2.45, 2.75) is 38.5 Å². The Balaban J connectivity index is 2.10. The largest absolute Gasteiger partial charge is 0.317 e. The van der Waals surface area contributed by atoms with Gasteiger partial charge in [-0.05, 0) is 38.3 Å². The molecule has 0 aromatic rings. The number of ketones is 1. The van der Waals surface area contributed by atoms with Crippen molar-refractivity contribution in [2.75, 3.05) is 13.1 Å². The number of hydrogen-bond acceptors (Lipinski definition) is 2. The third kappa shape index (κ3) is 4.43. The van der Waals surface area contributed by atoms with E-state index in [9.17, 15) is 4.79 Å². The van der Waals surface area contributed by atoms with Crippen molar-refractivity contribution in [2.24, 2.45) is 5.92 Å². The van der Waals surface area contributed by atoms with Gasteiger partial charge in [-0.1, -0.05) is 0 Å². The van der Waals surface area contributed by atoms with Crippen LogP contribution in [-0.4, -0.2) is 18.9 Å². The molecule has 0 aliphatic carbocycles. The smallest absolute Gasteiger partial charge is 0.133 e. The molecule has 0 unspecified atom stereocenters. The molecular formula is C12H19NO. The predicted molar refractivity (Wildman–Crippen MR) is 57.9 cm³/mol. The zero-order valence-corrected chi connectivity index (χ0v) is 8.72. The monoisotopic (exact) mass is 193 g/mol. The van der Waals surface area contributed by atoms with E-state index in [4.69, 9.17) is 6.42 Å². The van der Waals surface area contributed by atoms with Gasteiger partial charge in [0.05, 0.1) is 0 Å². The number of rotatable bonds is 5. The van der Waals surface area contributed by atoms with Crippen molar-refractivity contribution in [3.8, 4) is 12.3 Å². The fraction of sp³-hybridized carbons (Fsp3) is 0.750. The molecule has 1 fully saturated rings. The molecule has 0 spiro atoms. The lowest BCUT2D eigenvalue weighted by atomic mass is 9.91. The van der Waals surface area contributed by atoms with Crippen LogP contribution in [0.15, 0.2) is 0 Å². The number of Topliss-reactive ketones (excluding diaryl/α,β-unsaturated/α-hetero) is 1. The molecule has 0 radical (unpaired) electrons. The second kappa shape index (κ2) is 6.62. The first-order valence-corrected chi connectivity index (χ1v) is 5.49. The quantitative estimate of drug-likeness (QED) is 0.532. The van der Waals surface area contributed by atoms with Crippen LogP contribution in [0.5, 0.6) is 0 Å². The zero-order chi connectivity index (χ0) is 10.2. The average Bonchev–Trinajstić information content (AvgIpc) is 2.20. The molecule has 0 amide bonds. The molecule has 0 bridgehead atoms. The van der Waals surface area contributed by atoms with E-state index in [1.165, 1.54) is 0 Å². The molecule has 0 aromatic carbocycles. The Morgan fingerprint density at radius 3 is 2.79 bits per heavy atom. The first-order valence-electron chi connectivity index (χ1n) is 5.49. The summed E-state index contributed by atoms with van der Waals surface area (Å²) in [7, 11) is 0. The third-order valence-corrected chi connectivity index (χ3v) is 2.75. The van der Waals surface area contributed by atoms with Gasteiger partial charge in [0.25, 0.3) is 0 Å². The van der Waals surface area contributed by atoms with E-state index in [0.29, 0.717) is 18.1 Å². The number of nitrogens with one attached hydrogen (secondary N) is 1. The van der Waals surface area contributed by atoms with Gasteiger partial charge >= 0.3 is 0 Å². The van der Waals surface area contributed by atoms with Crippen LogP contribution in [0.1, 0.15) is 38.5 Å². The van der Waals surface area contributed by atoms with Gasteiger partial charge in [-0.2, -0.15) is 0 Å². The topological polar surface area (TPSA) is 29.1 Å². The minimum absolute atomic E-state index is 0.396. The summed E-state index contributed by atoms with van der Waals surface area (Å²) in [6, 6.07) is 0. The van der Waals surface area contributed by atoms with E-state index in [1.807, 2.05) is 0 Å². The normalized spacial score (nSPS) is 17.6. The minimum Gasteiger partial charge on any atom is -0.317 e. The second-order valence-corrected chi connectivity index (χ2v) is 3.99. The van der Waals surface area contributed by atoms with Gasteiger partial charge in [0.15, 0.2) is 0 Å². The second-order valence-electron chi connectivity index (χ2n) is 3.99. The Morgan fingerprint density at radius 2 is 2.14 bits per heavy atom. The van der Waals surface area contributed by atoms with E-state index in [-0.39, 0.29) is 0 Å². The average molecular weight is 193 g/mol. The summed E-state index contributed by atoms with van der Waals surface area (Å²) in [5.41, 5.74) is 0. The lowest BCUT2D eigenvalue weighted by Gasteiger charge is -2.21. The first kappa shape index (κ1) is 11.3. The lowest BCUT2D eigenvalue weighted by molar-refractivity contribution is -0.120. The van der Waals surface area contributed by atoms with Crippen molar-refractivity contribution in [1.82, 2.24) is 5.32 Å². The molecule has 0 aromatic heterocycles. The summed E-state index contributed by atoms with van der Waals surface area (Å²) >= 11 is 0. The zero-order valence-electron chi connectivity index (χ0n) is 8.72. The first-order chi connectivity index (χ1) is 6.83. The van der Waals surface area contributed by atoms with Crippen LogP contribution >= 0.6 is 0 Å². The number of terminal acetylenes is 1. The summed E-state index contributed by atoms with van der Waals surface area (Å²) in [6.45, 7) is 2.14. The Morgan fingerprint density at radius 1 is 1.43 bits per heavy atom. The van der Waals surface area contributed by atoms with Crippen LogP contribution in [0.25, 0.3) is 0 Å². The Bertz CT molecular complexity index is 211. The Labute approximate surface area is 86.5 Å². The predicted octanol–water partition coefficient (Wildman–Crippen LogP) is 1.75. The van der Waals surface area contributed by atoms with Crippen LogP contribution in [0.3, 0.4) is 0 Å². The van der Waals surface area contributed by atoms with Gasteiger partial charge < -0.3 is 5.32 Å². The molecule has 78 valence electrons. The van der Waals surface area contributed by atoms with Crippen LogP contribution in [0, 0.1) is 18.3 Å². The molecule has 1 aliphatic rings. The molecule has 0 atom stereocenters. The summed E-state index contributed by atoms with van der Waals surface area (Å²) in [6.07, 6.45) is 10.5. The maximum atomic E-state index is 11.5. The van der Waals surface area contributed by atoms with Crippen LogP contribution < -0.4 is 5.32 Å². The van der Waals surface area contributed by atoms with Crippen molar-refractivity contribution in [3.63, 3.8) is 0 Å². The minimum atomic E-state index is 0.396. The van der Waals surface area contributed by atoms with Gasteiger partial charge in [0, 0.05) is 19.3 Å². The fourth-order valence-electron chi connectivity index (χ4n) is 1.90. The number of piperidine rings is 1. The van der Waals surface area contributed by atoms with Gasteiger partial charge in [-0.15, -0.1) is 12.3 Å². The SMILES string of the molecule is C#CCCCC(=O)CC1CCNCC1. The number of unbranched alkanes of at least 4 members (excludes halogenated alkanes) is 1. The van der Waals surface area contributed by atoms with Crippen LogP contribution in [0.2, 0.25) is 0 Å². The van der Waals surface area contributed by atoms with Crippen LogP contribution in [-0.2, 0) is 4.79 Å². The van der Waals surface area contributed by atoms with Gasteiger partial charge in [-0.25, -0.2) is 0 Å². The summed E-state index contributed by atoms with van der Waals surface area (Å²) in [5, 5.41) is 3.30. The molecule has 1 rings (SSSR count). The molecule has 1 heterocycles. The highest BCUT2D eigenvalue weighted by Gasteiger charge is 2.15. The maximum absolute atomic E-state index is 11.5. The molecule has 1 aliphatic heterocycles. The van der Waals surface area contributed by atoms with Gasteiger partial charge in [0.1, 0.15) is 5.78 Å². The van der Waals surface area contributed by atoms with Crippen LogP contribution in [0.4, 0.5) is 0 Å². The highest BCUT2D eigenvalue weighted by Crippen LogP contribution is 2.17. The van der Waals surface area contributed by atoms with Gasteiger partial charge in [-0.3, -0.25) is 4.79 Å². The molecular weight excluding hydrogens is 174 g/mol. The van der Waals surface area contributed by atoms with Crippen molar-refractivity contribution in [3.05, 3.63) is 0 Å². The van der Waals surface area contributed by atoms with E-state index in [0.717, 1.165) is 45.2 Å². The number of carbonyl (C=O) groups is 1. The highest BCUT2D eigenvalue weighted by atomic mass is 16.1. The number of carbonyl (C=O) groups excluding carboxylic acids is 1. The van der Waals surface area contributed by atoms with E-state index in [1.54, 1.807) is 0 Å². The van der Waals surface area contributed by atoms with E-state index >= 15 is 0 Å². The molecule has 2 nitrogen and oxygen atoms in total. The van der Waals surface area contributed by atoms with Gasteiger partial charge in [0.2, 0.25) is 0 Å². The van der Waals surface area contributed by atoms with Crippen molar-refractivity contribution < 1.29 is 4.79 Å². The standard InChI is InChI=1S/C12H19NO/c1-2-3-4-5-12(14)10-11-6-8-13-9-7-11/h1,11,13H,3-10H2. The maximum Gasteiger partial charge on any atom is 0.133 e. The highest BCUT2D eigenvalue weighted by molar-refractivity contribution is 5.78. The molecule has 1 N–H and O–H groups in total. The summed E-state index contributed by atoms with van der Waals surface area (Å²) in [5.74, 6) is 3.58. The fourth-order valence-corrected chi connectivity index (χ4v) is 1.90. The third-order valence-electron chi connectivity index (χ3n) is 2.75. The van der Waals surface area contributed by atoms with E-state index in [2.05, 4.69) is 11.2 Å². The molecule has 0 saturated carbocycles. The lowest BCUT2D eigenvalue weighted by Crippen LogP contribution is -2.28. The van der Waals surface area contributed by atoms with E-state index < -0.39 is 0 Å². The van der Waals surface area contributed by atoms with Crippen molar-refractivity contribution in [1.29, 1.82) is 0 Å². The number of hydrogen-bond donors (Lipinski definition) is 1.